The van der Waals surface area contributed by atoms with Crippen LogP contribution in [-0.4, -0.2) is 17.4 Å². The van der Waals surface area contributed by atoms with Gasteiger partial charge in [-0.2, -0.15) is 0 Å². The molecule has 0 aromatic heterocycles. The van der Waals surface area contributed by atoms with E-state index in [9.17, 15) is 14.0 Å². The zero-order valence-corrected chi connectivity index (χ0v) is 11.2. The SMILES string of the molecule is O=C1Nc2cc(SCC3CCCC3)c(F)cc2C1=O. The van der Waals surface area contributed by atoms with Crippen LogP contribution in [0.25, 0.3) is 0 Å². The molecule has 3 rings (SSSR count). The number of Topliss-reactive ketones (excluding diaryl/α,β-unsaturated/α-hetero) is 1. The van der Waals surface area contributed by atoms with Gasteiger partial charge in [0.2, 0.25) is 0 Å². The minimum atomic E-state index is -0.674. The summed E-state index contributed by atoms with van der Waals surface area (Å²) in [7, 11) is 0. The minimum Gasteiger partial charge on any atom is -0.318 e. The molecule has 1 aromatic rings. The molecule has 1 heterocycles. The van der Waals surface area contributed by atoms with E-state index in [1.165, 1.54) is 43.5 Å². The van der Waals surface area contributed by atoms with Gasteiger partial charge in [0.1, 0.15) is 5.82 Å². The van der Waals surface area contributed by atoms with E-state index in [0.717, 1.165) is 5.75 Å². The fourth-order valence-electron chi connectivity index (χ4n) is 2.64. The molecule has 0 unspecified atom stereocenters. The first-order chi connectivity index (χ1) is 9.15. The number of fused-ring (bicyclic) bond motifs is 1. The number of hydrogen-bond acceptors (Lipinski definition) is 3. The standard InChI is InChI=1S/C14H14FNO2S/c15-10-5-9-11(16-14(18)13(9)17)6-12(10)19-7-8-3-1-2-4-8/h5-6,8H,1-4,7H2,(H,16,17,18). The molecule has 1 saturated carbocycles. The number of ketones is 1. The molecule has 3 nitrogen and oxygen atoms in total. The smallest absolute Gasteiger partial charge is 0.296 e. The zero-order chi connectivity index (χ0) is 13.4. The molecule has 1 N–H and O–H groups in total. The first-order valence-corrected chi connectivity index (χ1v) is 7.46. The topological polar surface area (TPSA) is 46.2 Å². The Morgan fingerprint density at radius 1 is 1.26 bits per heavy atom. The van der Waals surface area contributed by atoms with Gasteiger partial charge in [0.05, 0.1) is 11.3 Å². The van der Waals surface area contributed by atoms with Crippen LogP contribution in [0.2, 0.25) is 0 Å². The van der Waals surface area contributed by atoms with Crippen molar-refractivity contribution in [2.45, 2.75) is 30.6 Å². The van der Waals surface area contributed by atoms with Crippen molar-refractivity contribution >= 4 is 29.1 Å². The molecule has 0 radical (unpaired) electrons. The van der Waals surface area contributed by atoms with E-state index in [2.05, 4.69) is 5.32 Å². The second-order valence-corrected chi connectivity index (χ2v) is 6.13. The Morgan fingerprint density at radius 2 is 2.00 bits per heavy atom. The fourth-order valence-corrected chi connectivity index (χ4v) is 3.79. The summed E-state index contributed by atoms with van der Waals surface area (Å²) in [6, 6.07) is 2.75. The summed E-state index contributed by atoms with van der Waals surface area (Å²) < 4.78 is 13.9. The third kappa shape index (κ3) is 2.39. The van der Waals surface area contributed by atoms with Crippen LogP contribution < -0.4 is 5.32 Å². The van der Waals surface area contributed by atoms with Gasteiger partial charge in [0.15, 0.2) is 0 Å². The lowest BCUT2D eigenvalue weighted by molar-refractivity contribution is -0.112. The van der Waals surface area contributed by atoms with Crippen LogP contribution >= 0.6 is 11.8 Å². The van der Waals surface area contributed by atoms with Gasteiger partial charge in [0, 0.05) is 10.6 Å². The van der Waals surface area contributed by atoms with Crippen LogP contribution in [0.1, 0.15) is 36.0 Å². The summed E-state index contributed by atoms with van der Waals surface area (Å²) in [5.41, 5.74) is 0.582. The first-order valence-electron chi connectivity index (χ1n) is 6.47. The van der Waals surface area contributed by atoms with Crippen LogP contribution in [0.3, 0.4) is 0 Å². The predicted molar refractivity (Wildman–Crippen MR) is 72.0 cm³/mol. The molecule has 1 aliphatic heterocycles. The van der Waals surface area contributed by atoms with Crippen molar-refractivity contribution in [2.75, 3.05) is 11.1 Å². The van der Waals surface area contributed by atoms with Gasteiger partial charge in [-0.15, -0.1) is 11.8 Å². The average Bonchev–Trinajstić information content (AvgIpc) is 2.98. The Kier molecular flexibility index (Phi) is 3.31. The first kappa shape index (κ1) is 12.7. The number of benzene rings is 1. The lowest BCUT2D eigenvalue weighted by Crippen LogP contribution is -2.12. The van der Waals surface area contributed by atoms with Crippen molar-refractivity contribution in [1.82, 2.24) is 0 Å². The highest BCUT2D eigenvalue weighted by Gasteiger charge is 2.29. The lowest BCUT2D eigenvalue weighted by atomic mass is 10.1. The van der Waals surface area contributed by atoms with E-state index < -0.39 is 17.5 Å². The highest BCUT2D eigenvalue weighted by Crippen LogP contribution is 2.35. The van der Waals surface area contributed by atoms with Gasteiger partial charge in [0.25, 0.3) is 11.7 Å². The summed E-state index contributed by atoms with van der Waals surface area (Å²) in [5.74, 6) is -0.175. The Labute approximate surface area is 115 Å². The number of hydrogen-bond donors (Lipinski definition) is 1. The van der Waals surface area contributed by atoms with Crippen LogP contribution in [0, 0.1) is 11.7 Å². The summed E-state index contributed by atoms with van der Waals surface area (Å²) in [6.45, 7) is 0. The Balaban J connectivity index is 1.77. The van der Waals surface area contributed by atoms with Gasteiger partial charge < -0.3 is 5.32 Å². The van der Waals surface area contributed by atoms with Crippen molar-refractivity contribution in [3.63, 3.8) is 0 Å². The van der Waals surface area contributed by atoms with Crippen molar-refractivity contribution in [3.05, 3.63) is 23.5 Å². The highest BCUT2D eigenvalue weighted by atomic mass is 32.2. The summed E-state index contributed by atoms with van der Waals surface area (Å²) in [6.07, 6.45) is 4.97. The minimum absolute atomic E-state index is 0.146. The van der Waals surface area contributed by atoms with Crippen molar-refractivity contribution in [1.29, 1.82) is 0 Å². The molecule has 2 aliphatic rings. The zero-order valence-electron chi connectivity index (χ0n) is 10.4. The summed E-state index contributed by atoms with van der Waals surface area (Å²) in [4.78, 5) is 23.2. The van der Waals surface area contributed by atoms with Gasteiger partial charge >= 0.3 is 0 Å². The second kappa shape index (κ2) is 4.96. The molecule has 100 valence electrons. The van der Waals surface area contributed by atoms with E-state index in [1.54, 1.807) is 6.07 Å². The maximum Gasteiger partial charge on any atom is 0.296 e. The van der Waals surface area contributed by atoms with Crippen molar-refractivity contribution in [2.24, 2.45) is 5.92 Å². The van der Waals surface area contributed by atoms with E-state index in [1.807, 2.05) is 0 Å². The van der Waals surface area contributed by atoms with Crippen LogP contribution in [-0.2, 0) is 4.79 Å². The second-order valence-electron chi connectivity index (χ2n) is 5.07. The molecule has 0 spiro atoms. The number of nitrogens with one attached hydrogen (secondary N) is 1. The average molecular weight is 279 g/mol. The third-order valence-corrected chi connectivity index (χ3v) is 4.98. The van der Waals surface area contributed by atoms with E-state index in [-0.39, 0.29) is 5.56 Å². The highest BCUT2D eigenvalue weighted by molar-refractivity contribution is 7.99. The molecule has 1 aliphatic carbocycles. The van der Waals surface area contributed by atoms with E-state index in [4.69, 9.17) is 0 Å². The fraction of sp³-hybridized carbons (Fsp3) is 0.429. The largest absolute Gasteiger partial charge is 0.318 e. The van der Waals surface area contributed by atoms with E-state index in [0.29, 0.717) is 16.5 Å². The van der Waals surface area contributed by atoms with Gasteiger partial charge in [-0.3, -0.25) is 9.59 Å². The Morgan fingerprint density at radius 3 is 2.74 bits per heavy atom. The van der Waals surface area contributed by atoms with E-state index >= 15 is 0 Å². The number of amides is 1. The molecule has 1 aromatic carbocycles. The lowest BCUT2D eigenvalue weighted by Gasteiger charge is -2.10. The summed E-state index contributed by atoms with van der Waals surface area (Å²) >= 11 is 1.48. The number of halogens is 1. The Bertz CT molecular complexity index is 553. The number of anilines is 1. The molecule has 0 saturated heterocycles. The third-order valence-electron chi connectivity index (χ3n) is 3.72. The summed E-state index contributed by atoms with van der Waals surface area (Å²) in [5, 5.41) is 2.47. The molecular formula is C14H14FNO2S. The van der Waals surface area contributed by atoms with Crippen LogP contribution in [0.5, 0.6) is 0 Å². The molecule has 19 heavy (non-hydrogen) atoms. The number of thioether (sulfide) groups is 1. The van der Waals surface area contributed by atoms with Gasteiger partial charge in [-0.1, -0.05) is 12.8 Å². The maximum atomic E-state index is 13.9. The van der Waals surface area contributed by atoms with Crippen molar-refractivity contribution in [3.8, 4) is 0 Å². The number of carbonyl (C=O) groups excluding carboxylic acids is 2. The molecule has 1 fully saturated rings. The van der Waals surface area contributed by atoms with Crippen LogP contribution in [0.15, 0.2) is 17.0 Å². The Hall–Kier alpha value is -1.36. The molecule has 0 bridgehead atoms. The van der Waals surface area contributed by atoms with Crippen LogP contribution in [0.4, 0.5) is 10.1 Å². The maximum absolute atomic E-state index is 13.9. The van der Waals surface area contributed by atoms with Crippen molar-refractivity contribution < 1.29 is 14.0 Å². The quantitative estimate of drug-likeness (QED) is 0.682. The monoisotopic (exact) mass is 279 g/mol. The number of rotatable bonds is 3. The molecular weight excluding hydrogens is 265 g/mol. The number of carbonyl (C=O) groups is 2. The normalized spacial score (nSPS) is 18.8. The molecule has 5 heteroatoms. The van der Waals surface area contributed by atoms with Gasteiger partial charge in [-0.05, 0) is 30.9 Å². The predicted octanol–water partition coefficient (Wildman–Crippen LogP) is 3.24. The molecule has 0 atom stereocenters. The van der Waals surface area contributed by atoms with Gasteiger partial charge in [-0.25, -0.2) is 4.39 Å². The molecule has 1 amide bonds.